The molecule has 17 heavy (non-hydrogen) atoms. The van der Waals surface area contributed by atoms with Crippen molar-refractivity contribution in [3.05, 3.63) is 29.3 Å². The summed E-state index contributed by atoms with van der Waals surface area (Å²) in [7, 11) is 0. The van der Waals surface area contributed by atoms with Gasteiger partial charge >= 0.3 is 0 Å². The van der Waals surface area contributed by atoms with Gasteiger partial charge in [-0.25, -0.2) is 0 Å². The van der Waals surface area contributed by atoms with Crippen LogP contribution in [-0.2, 0) is 17.8 Å². The van der Waals surface area contributed by atoms with Gasteiger partial charge in [0.2, 0.25) is 5.91 Å². The van der Waals surface area contributed by atoms with Gasteiger partial charge < -0.3 is 16.4 Å². The lowest BCUT2D eigenvalue weighted by Gasteiger charge is -2.10. The molecule has 0 atom stereocenters. The van der Waals surface area contributed by atoms with E-state index in [4.69, 9.17) is 5.73 Å². The maximum atomic E-state index is 11.2. The van der Waals surface area contributed by atoms with E-state index >= 15 is 0 Å². The number of benzene rings is 1. The van der Waals surface area contributed by atoms with Gasteiger partial charge in [-0.2, -0.15) is 0 Å². The zero-order valence-corrected chi connectivity index (χ0v) is 9.75. The Bertz CT molecular complexity index is 466. The summed E-state index contributed by atoms with van der Waals surface area (Å²) in [6, 6.07) is 6.12. The molecule has 1 amide bonds. The number of amides is 1. The molecule has 0 unspecified atom stereocenters. The highest BCUT2D eigenvalue weighted by Crippen LogP contribution is 2.31. The molecule has 0 spiro atoms. The first kappa shape index (κ1) is 10.7. The van der Waals surface area contributed by atoms with Crippen LogP contribution in [0.1, 0.15) is 24.0 Å². The summed E-state index contributed by atoms with van der Waals surface area (Å²) in [4.78, 5) is 11.2. The van der Waals surface area contributed by atoms with Crippen LogP contribution in [0.2, 0.25) is 0 Å². The predicted octanol–water partition coefficient (Wildman–Crippen LogP) is 0.762. The highest BCUT2D eigenvalue weighted by Gasteiger charge is 2.37. The normalized spacial score (nSPS) is 19.9. The second-order valence-corrected chi connectivity index (χ2v) is 5.18. The largest absolute Gasteiger partial charge is 0.326 e. The van der Waals surface area contributed by atoms with Gasteiger partial charge in [0.05, 0.1) is 6.42 Å². The zero-order valence-electron chi connectivity index (χ0n) is 9.75. The first-order chi connectivity index (χ1) is 8.15. The van der Waals surface area contributed by atoms with Gasteiger partial charge in [-0.1, -0.05) is 12.1 Å². The quantitative estimate of drug-likeness (QED) is 0.716. The minimum absolute atomic E-state index is 0.0499. The molecule has 1 aliphatic heterocycles. The Morgan fingerprint density at radius 2 is 2.24 bits per heavy atom. The summed E-state index contributed by atoms with van der Waals surface area (Å²) in [6.45, 7) is 1.70. The third-order valence-electron chi connectivity index (χ3n) is 3.49. The Kier molecular flexibility index (Phi) is 2.42. The lowest BCUT2D eigenvalue weighted by atomic mass is 10.1. The molecule has 0 saturated heterocycles. The van der Waals surface area contributed by atoms with Crippen LogP contribution in [0.4, 0.5) is 5.69 Å². The molecular weight excluding hydrogens is 214 g/mol. The Hall–Kier alpha value is -1.39. The van der Waals surface area contributed by atoms with Crippen LogP contribution >= 0.6 is 0 Å². The number of carbonyl (C=O) groups is 1. The lowest BCUT2D eigenvalue weighted by Crippen LogP contribution is -2.35. The van der Waals surface area contributed by atoms with E-state index in [0.29, 0.717) is 6.42 Å². The van der Waals surface area contributed by atoms with Crippen molar-refractivity contribution in [1.29, 1.82) is 0 Å². The molecule has 0 aromatic heterocycles. The number of carbonyl (C=O) groups excluding carboxylic acids is 1. The van der Waals surface area contributed by atoms with Gasteiger partial charge in [-0.3, -0.25) is 4.79 Å². The maximum Gasteiger partial charge on any atom is 0.228 e. The molecule has 0 bridgehead atoms. The van der Waals surface area contributed by atoms with Crippen molar-refractivity contribution in [1.82, 2.24) is 5.32 Å². The van der Waals surface area contributed by atoms with E-state index in [1.807, 2.05) is 12.1 Å². The van der Waals surface area contributed by atoms with E-state index in [2.05, 4.69) is 16.7 Å². The second-order valence-electron chi connectivity index (χ2n) is 5.18. The highest BCUT2D eigenvalue weighted by molar-refractivity contribution is 5.99. The van der Waals surface area contributed by atoms with Gasteiger partial charge in [-0.15, -0.1) is 0 Å². The van der Waals surface area contributed by atoms with E-state index in [-0.39, 0.29) is 11.4 Å². The van der Waals surface area contributed by atoms with Crippen LogP contribution in [0.5, 0.6) is 0 Å². The molecule has 1 heterocycles. The van der Waals surface area contributed by atoms with Crippen molar-refractivity contribution < 1.29 is 4.79 Å². The van der Waals surface area contributed by atoms with Crippen LogP contribution in [0.15, 0.2) is 18.2 Å². The molecule has 4 nitrogen and oxygen atoms in total. The Morgan fingerprint density at radius 1 is 1.41 bits per heavy atom. The summed E-state index contributed by atoms with van der Waals surface area (Å²) < 4.78 is 0. The summed E-state index contributed by atoms with van der Waals surface area (Å²) in [6.07, 6.45) is 2.76. The summed E-state index contributed by atoms with van der Waals surface area (Å²) in [5.74, 6) is 0.0870. The van der Waals surface area contributed by atoms with E-state index in [1.165, 1.54) is 5.56 Å². The number of anilines is 1. The molecule has 1 aromatic carbocycles. The fraction of sp³-hybridized carbons (Fsp3) is 0.462. The SMILES string of the molecule is NC1(CNCc2ccc3c(c2)CC(=O)N3)CC1. The molecule has 1 fully saturated rings. The molecule has 1 aromatic rings. The smallest absolute Gasteiger partial charge is 0.228 e. The number of nitrogens with one attached hydrogen (secondary N) is 2. The predicted molar refractivity (Wildman–Crippen MR) is 66.6 cm³/mol. The topological polar surface area (TPSA) is 67.1 Å². The summed E-state index contributed by atoms with van der Waals surface area (Å²) in [5, 5.41) is 6.21. The van der Waals surface area contributed by atoms with Crippen molar-refractivity contribution in [2.75, 3.05) is 11.9 Å². The van der Waals surface area contributed by atoms with Crippen molar-refractivity contribution in [3.8, 4) is 0 Å². The van der Waals surface area contributed by atoms with Crippen molar-refractivity contribution >= 4 is 11.6 Å². The van der Waals surface area contributed by atoms with Crippen LogP contribution in [0.25, 0.3) is 0 Å². The van der Waals surface area contributed by atoms with Crippen LogP contribution in [-0.4, -0.2) is 18.0 Å². The van der Waals surface area contributed by atoms with Gasteiger partial charge in [0.25, 0.3) is 0 Å². The average molecular weight is 231 g/mol. The number of hydrogen-bond donors (Lipinski definition) is 3. The summed E-state index contributed by atoms with van der Waals surface area (Å²) in [5.41, 5.74) is 9.32. The van der Waals surface area contributed by atoms with Crippen LogP contribution < -0.4 is 16.4 Å². The Balaban J connectivity index is 1.60. The molecule has 4 N–H and O–H groups in total. The van der Waals surface area contributed by atoms with Gasteiger partial charge in [0.1, 0.15) is 0 Å². The molecule has 4 heteroatoms. The first-order valence-electron chi connectivity index (χ1n) is 6.06. The highest BCUT2D eigenvalue weighted by atomic mass is 16.1. The maximum absolute atomic E-state index is 11.2. The molecule has 1 aliphatic carbocycles. The van der Waals surface area contributed by atoms with E-state index in [1.54, 1.807) is 0 Å². The summed E-state index contributed by atoms with van der Waals surface area (Å²) >= 11 is 0. The number of hydrogen-bond acceptors (Lipinski definition) is 3. The molecule has 2 aliphatic rings. The van der Waals surface area contributed by atoms with E-state index < -0.39 is 0 Å². The third kappa shape index (κ3) is 2.33. The molecular formula is C13H17N3O. The van der Waals surface area contributed by atoms with Crippen LogP contribution in [0, 0.1) is 0 Å². The molecule has 90 valence electrons. The number of fused-ring (bicyclic) bond motifs is 1. The standard InChI is InChI=1S/C13H17N3O/c14-13(3-4-13)8-15-7-9-1-2-11-10(5-9)6-12(17)16-11/h1-2,5,15H,3-4,6-8,14H2,(H,16,17). The second kappa shape index (κ2) is 3.82. The average Bonchev–Trinajstić information content (AvgIpc) is 2.89. The van der Waals surface area contributed by atoms with Crippen molar-refractivity contribution in [3.63, 3.8) is 0 Å². The number of rotatable bonds is 4. The van der Waals surface area contributed by atoms with Crippen LogP contribution in [0.3, 0.4) is 0 Å². The lowest BCUT2D eigenvalue weighted by molar-refractivity contribution is -0.115. The minimum atomic E-state index is 0.0499. The van der Waals surface area contributed by atoms with Crippen molar-refractivity contribution in [2.45, 2.75) is 31.3 Å². The van der Waals surface area contributed by atoms with Gasteiger partial charge in [0, 0.05) is 24.3 Å². The van der Waals surface area contributed by atoms with E-state index in [0.717, 1.165) is 37.2 Å². The minimum Gasteiger partial charge on any atom is -0.326 e. The van der Waals surface area contributed by atoms with Gasteiger partial charge in [-0.05, 0) is 30.0 Å². The molecule has 3 rings (SSSR count). The Labute approximate surface area is 101 Å². The fourth-order valence-corrected chi connectivity index (χ4v) is 2.19. The van der Waals surface area contributed by atoms with Gasteiger partial charge in [0.15, 0.2) is 0 Å². The monoisotopic (exact) mass is 231 g/mol. The first-order valence-corrected chi connectivity index (χ1v) is 6.06. The Morgan fingerprint density at radius 3 is 3.00 bits per heavy atom. The number of nitrogens with two attached hydrogens (primary N) is 1. The van der Waals surface area contributed by atoms with Crippen molar-refractivity contribution in [2.24, 2.45) is 5.73 Å². The third-order valence-corrected chi connectivity index (χ3v) is 3.49. The zero-order chi connectivity index (χ0) is 11.9. The fourth-order valence-electron chi connectivity index (χ4n) is 2.19. The molecule has 1 saturated carbocycles. The molecule has 0 radical (unpaired) electrons. The van der Waals surface area contributed by atoms with E-state index in [9.17, 15) is 4.79 Å².